The molecule has 7 nitrogen and oxygen atoms in total. The molecule has 1 aromatic carbocycles. The number of nitrogens with zero attached hydrogens (tertiary/aromatic N) is 4. The van der Waals surface area contributed by atoms with Crippen LogP contribution < -0.4 is 10.2 Å². The van der Waals surface area contributed by atoms with Crippen LogP contribution in [0.1, 0.15) is 44.5 Å². The fraction of sp³-hybridized carbons (Fsp3) is 0.586. The number of carbonyl (C=O) groups excluding carboxylic acids is 1. The van der Waals surface area contributed by atoms with Gasteiger partial charge in [-0.3, -0.25) is 19.6 Å². The van der Waals surface area contributed by atoms with Gasteiger partial charge >= 0.3 is 0 Å². The van der Waals surface area contributed by atoms with Crippen molar-refractivity contribution in [2.75, 3.05) is 57.4 Å². The number of nitrogens with one attached hydrogen (secondary N) is 1. The Bertz CT molecular complexity index is 1110. The molecule has 3 aliphatic rings. The van der Waals surface area contributed by atoms with Crippen LogP contribution in [0.3, 0.4) is 0 Å². The minimum Gasteiger partial charge on any atom is -0.379 e. The summed E-state index contributed by atoms with van der Waals surface area (Å²) >= 11 is 0. The average Bonchev–Trinajstić information content (AvgIpc) is 3.14. The number of morpholine rings is 1. The summed E-state index contributed by atoms with van der Waals surface area (Å²) in [5.41, 5.74) is 3.79. The molecule has 0 radical (unpaired) electrons. The summed E-state index contributed by atoms with van der Waals surface area (Å²) in [6.07, 6.45) is 2.53. The summed E-state index contributed by atoms with van der Waals surface area (Å²) in [5, 5.41) is 3.62. The zero-order valence-corrected chi connectivity index (χ0v) is 23.8. The first-order chi connectivity index (χ1) is 17.7. The molecule has 0 saturated carbocycles. The topological polar surface area (TPSA) is 60.9 Å². The Morgan fingerprint density at radius 2 is 1.97 bits per heavy atom. The molecule has 1 N–H and O–H groups in total. The van der Waals surface area contributed by atoms with E-state index in [2.05, 4.69) is 48.9 Å². The Kier molecular flexibility index (Phi) is 9.10. The molecule has 0 bridgehead atoms. The molecule has 2 aromatic rings. The highest BCUT2D eigenvalue weighted by atomic mass is 35.5. The van der Waals surface area contributed by atoms with E-state index < -0.39 is 0 Å². The molecular formula is C29H41ClFN5O2. The Morgan fingerprint density at radius 3 is 2.71 bits per heavy atom. The number of benzene rings is 1. The molecular weight excluding hydrogens is 505 g/mol. The first-order valence-electron chi connectivity index (χ1n) is 13.5. The van der Waals surface area contributed by atoms with Crippen LogP contribution in [0.5, 0.6) is 0 Å². The summed E-state index contributed by atoms with van der Waals surface area (Å²) in [6, 6.07) is 9.61. The van der Waals surface area contributed by atoms with Crippen molar-refractivity contribution in [3.63, 3.8) is 0 Å². The summed E-state index contributed by atoms with van der Waals surface area (Å²) in [4.78, 5) is 25.4. The number of hydrogen-bond acceptors (Lipinski definition) is 6. The maximum absolute atomic E-state index is 13.8. The van der Waals surface area contributed by atoms with E-state index in [0.29, 0.717) is 31.6 Å². The fourth-order valence-corrected chi connectivity index (χ4v) is 5.90. The molecule has 38 heavy (non-hydrogen) atoms. The molecule has 1 amide bonds. The monoisotopic (exact) mass is 545 g/mol. The maximum Gasteiger partial charge on any atom is 0.241 e. The lowest BCUT2D eigenvalue weighted by atomic mass is 9.88. The van der Waals surface area contributed by atoms with E-state index in [-0.39, 0.29) is 35.6 Å². The summed E-state index contributed by atoms with van der Waals surface area (Å²) in [5.74, 6) is -0.104. The zero-order chi connectivity index (χ0) is 26.2. The van der Waals surface area contributed by atoms with Crippen LogP contribution in [-0.2, 0) is 21.4 Å². The van der Waals surface area contributed by atoms with Crippen LogP contribution in [0.15, 0.2) is 36.5 Å². The predicted octanol–water partition coefficient (Wildman–Crippen LogP) is 3.24. The van der Waals surface area contributed by atoms with E-state index in [4.69, 9.17) is 9.72 Å². The molecule has 0 unspecified atom stereocenters. The molecule has 4 heterocycles. The summed E-state index contributed by atoms with van der Waals surface area (Å²) in [6.45, 7) is 15.0. The molecule has 3 aliphatic heterocycles. The number of pyridine rings is 1. The van der Waals surface area contributed by atoms with Crippen molar-refractivity contribution in [3.05, 3.63) is 59.2 Å². The lowest BCUT2D eigenvalue weighted by Gasteiger charge is -2.43. The summed E-state index contributed by atoms with van der Waals surface area (Å²) in [7, 11) is 0. The van der Waals surface area contributed by atoms with Gasteiger partial charge in [0.05, 0.1) is 25.4 Å². The van der Waals surface area contributed by atoms with Gasteiger partial charge in [-0.1, -0.05) is 26.0 Å². The van der Waals surface area contributed by atoms with E-state index in [1.807, 2.05) is 11.1 Å². The van der Waals surface area contributed by atoms with Crippen molar-refractivity contribution < 1.29 is 13.9 Å². The molecule has 2 fully saturated rings. The molecule has 9 heteroatoms. The third-order valence-corrected chi connectivity index (χ3v) is 8.13. The Balaban J connectivity index is 0.00000336. The number of fused-ring (bicyclic) bond motifs is 1. The first-order valence-corrected chi connectivity index (χ1v) is 13.5. The normalized spacial score (nSPS) is 25.6. The third kappa shape index (κ3) is 6.37. The van der Waals surface area contributed by atoms with E-state index >= 15 is 0 Å². The number of carbonyl (C=O) groups is 1. The van der Waals surface area contributed by atoms with Gasteiger partial charge in [0, 0.05) is 80.1 Å². The largest absolute Gasteiger partial charge is 0.379 e. The lowest BCUT2D eigenvalue weighted by Crippen LogP contribution is -2.62. The van der Waals surface area contributed by atoms with Gasteiger partial charge in [0.1, 0.15) is 5.82 Å². The molecule has 0 aliphatic carbocycles. The van der Waals surface area contributed by atoms with Crippen molar-refractivity contribution >= 4 is 24.0 Å². The van der Waals surface area contributed by atoms with Crippen LogP contribution in [0.4, 0.5) is 10.1 Å². The van der Waals surface area contributed by atoms with Gasteiger partial charge in [-0.15, -0.1) is 12.4 Å². The van der Waals surface area contributed by atoms with Gasteiger partial charge in [0.25, 0.3) is 0 Å². The second-order valence-corrected chi connectivity index (χ2v) is 11.7. The molecule has 2 saturated heterocycles. The van der Waals surface area contributed by atoms with Crippen molar-refractivity contribution in [2.45, 2.75) is 57.7 Å². The van der Waals surface area contributed by atoms with Crippen molar-refractivity contribution in [3.8, 4) is 0 Å². The molecule has 208 valence electrons. The smallest absolute Gasteiger partial charge is 0.241 e. The quantitative estimate of drug-likeness (QED) is 0.601. The summed E-state index contributed by atoms with van der Waals surface area (Å²) < 4.78 is 19.0. The minimum absolute atomic E-state index is 0. The molecule has 1 aromatic heterocycles. The lowest BCUT2D eigenvalue weighted by molar-refractivity contribution is -0.121. The third-order valence-electron chi connectivity index (χ3n) is 8.13. The van der Waals surface area contributed by atoms with Crippen molar-refractivity contribution in [1.29, 1.82) is 0 Å². The number of hydrogen-bond donors (Lipinski definition) is 1. The van der Waals surface area contributed by atoms with Gasteiger partial charge in [0.2, 0.25) is 5.91 Å². The average molecular weight is 546 g/mol. The minimum atomic E-state index is -0.243. The molecule has 3 atom stereocenters. The molecule has 0 spiro atoms. The predicted molar refractivity (Wildman–Crippen MR) is 151 cm³/mol. The number of piperazine rings is 1. The molecule has 5 rings (SSSR count). The van der Waals surface area contributed by atoms with E-state index in [1.54, 1.807) is 12.1 Å². The highest BCUT2D eigenvalue weighted by Crippen LogP contribution is 2.40. The standard InChI is InChI=1S/C29H40FN5O2.ClH/c1-20-15-34(25(13-31-20)16-33-9-10-37-18-21(33)2)17-28(36)35-19-29(3,4)26-14-32-24(12-27(26)35)11-22-5-7-23(30)8-6-22;/h5-8,12,14,20-21,25,31H,9-11,13,15-19H2,1-4H3;1H/t20-,21-,25-;/m1./s1. The van der Waals surface area contributed by atoms with E-state index in [9.17, 15) is 9.18 Å². The van der Waals surface area contributed by atoms with Crippen LogP contribution in [0.2, 0.25) is 0 Å². The number of amides is 1. The Labute approximate surface area is 232 Å². The van der Waals surface area contributed by atoms with E-state index in [0.717, 1.165) is 61.9 Å². The highest BCUT2D eigenvalue weighted by Gasteiger charge is 2.40. The Hall–Kier alpha value is -2.10. The zero-order valence-electron chi connectivity index (χ0n) is 23.0. The second-order valence-electron chi connectivity index (χ2n) is 11.7. The number of anilines is 1. The van der Waals surface area contributed by atoms with Crippen LogP contribution in [-0.4, -0.2) is 91.3 Å². The fourth-order valence-electron chi connectivity index (χ4n) is 5.90. The highest BCUT2D eigenvalue weighted by molar-refractivity contribution is 5.97. The number of ether oxygens (including phenoxy) is 1. The van der Waals surface area contributed by atoms with Gasteiger partial charge in [-0.05, 0) is 37.6 Å². The van der Waals surface area contributed by atoms with Crippen molar-refractivity contribution in [1.82, 2.24) is 20.1 Å². The van der Waals surface area contributed by atoms with Gasteiger partial charge < -0.3 is 15.0 Å². The van der Waals surface area contributed by atoms with Gasteiger partial charge in [-0.25, -0.2) is 4.39 Å². The van der Waals surface area contributed by atoms with E-state index in [1.165, 1.54) is 12.1 Å². The van der Waals surface area contributed by atoms with Crippen LogP contribution >= 0.6 is 12.4 Å². The van der Waals surface area contributed by atoms with Gasteiger partial charge in [0.15, 0.2) is 0 Å². The van der Waals surface area contributed by atoms with Crippen molar-refractivity contribution in [2.24, 2.45) is 0 Å². The van der Waals surface area contributed by atoms with Gasteiger partial charge in [-0.2, -0.15) is 0 Å². The van der Waals surface area contributed by atoms with Crippen LogP contribution in [0.25, 0.3) is 0 Å². The van der Waals surface area contributed by atoms with Crippen LogP contribution in [0, 0.1) is 5.82 Å². The number of aromatic nitrogens is 1. The maximum atomic E-state index is 13.8. The second kappa shape index (κ2) is 12.0. The number of rotatable bonds is 6. The number of halogens is 2. The first kappa shape index (κ1) is 28.9. The SMILES string of the molecule is C[C@@H]1CN(CC(=O)N2CC(C)(C)c3cnc(Cc4ccc(F)cc4)cc32)[C@@H](CN2CCOC[C@H]2C)CN1.Cl. The Morgan fingerprint density at radius 1 is 1.21 bits per heavy atom.